The Morgan fingerprint density at radius 2 is 1.89 bits per heavy atom. The van der Waals surface area contributed by atoms with E-state index in [0.29, 0.717) is 0 Å². The van der Waals surface area contributed by atoms with Crippen LogP contribution in [-0.4, -0.2) is 0 Å². The molecule has 1 heteroatoms. The van der Waals surface area contributed by atoms with Crippen LogP contribution < -0.4 is 5.73 Å². The van der Waals surface area contributed by atoms with Gasteiger partial charge in [0.15, 0.2) is 0 Å². The van der Waals surface area contributed by atoms with E-state index in [4.69, 9.17) is 5.73 Å². The fraction of sp³-hybridized carbons (Fsp3) is 0.250. The summed E-state index contributed by atoms with van der Waals surface area (Å²) in [6.45, 7) is 7.60. The lowest BCUT2D eigenvalue weighted by molar-refractivity contribution is 1.42. The molecule has 0 amide bonds. The molecule has 0 aliphatic heterocycles. The number of nitrogens with two attached hydrogens (primary N) is 1. The van der Waals surface area contributed by atoms with E-state index in [-0.39, 0.29) is 0 Å². The fourth-order valence-corrected chi connectivity index (χ4v) is 0.329. The molecule has 50 valence electrons. The van der Waals surface area contributed by atoms with Gasteiger partial charge in [0, 0.05) is 0 Å². The topological polar surface area (TPSA) is 26.0 Å². The second-order valence-electron chi connectivity index (χ2n) is 2.09. The lowest BCUT2D eigenvalue weighted by Crippen LogP contribution is -1.79. The molecule has 0 spiro atoms. The Morgan fingerprint density at radius 3 is 2.22 bits per heavy atom. The summed E-state index contributed by atoms with van der Waals surface area (Å²) in [6, 6.07) is 0. The highest BCUT2D eigenvalue weighted by Crippen LogP contribution is 1.95. The molecule has 9 heavy (non-hydrogen) atoms. The van der Waals surface area contributed by atoms with Crippen LogP contribution in [0.1, 0.15) is 13.8 Å². The summed E-state index contributed by atoms with van der Waals surface area (Å²) in [6.07, 6.45) is 5.43. The van der Waals surface area contributed by atoms with Crippen molar-refractivity contribution in [1.82, 2.24) is 0 Å². The summed E-state index contributed by atoms with van der Waals surface area (Å²) in [4.78, 5) is 0. The van der Waals surface area contributed by atoms with Gasteiger partial charge in [0.2, 0.25) is 0 Å². The molecule has 0 bridgehead atoms. The van der Waals surface area contributed by atoms with Gasteiger partial charge in [-0.1, -0.05) is 24.3 Å². The zero-order valence-corrected chi connectivity index (χ0v) is 6.02. The van der Waals surface area contributed by atoms with Gasteiger partial charge in [-0.3, -0.25) is 0 Å². The molecule has 0 aliphatic carbocycles. The van der Waals surface area contributed by atoms with Gasteiger partial charge < -0.3 is 5.73 Å². The first-order valence-electron chi connectivity index (χ1n) is 2.89. The van der Waals surface area contributed by atoms with Crippen molar-refractivity contribution in [3.8, 4) is 0 Å². The van der Waals surface area contributed by atoms with Crippen LogP contribution in [0.4, 0.5) is 0 Å². The molecular formula is C8H13N. The number of rotatable bonds is 2. The lowest BCUT2D eigenvalue weighted by atomic mass is 10.2. The highest BCUT2D eigenvalue weighted by molar-refractivity contribution is 5.22. The van der Waals surface area contributed by atoms with Crippen molar-refractivity contribution in [3.63, 3.8) is 0 Å². The van der Waals surface area contributed by atoms with Crippen LogP contribution in [-0.2, 0) is 0 Å². The van der Waals surface area contributed by atoms with Crippen LogP contribution in [0.25, 0.3) is 0 Å². The summed E-state index contributed by atoms with van der Waals surface area (Å²) in [5, 5.41) is 0. The zero-order valence-electron chi connectivity index (χ0n) is 6.02. The van der Waals surface area contributed by atoms with Crippen LogP contribution >= 0.6 is 0 Å². The van der Waals surface area contributed by atoms with Crippen molar-refractivity contribution in [2.24, 2.45) is 5.73 Å². The quantitative estimate of drug-likeness (QED) is 0.558. The molecule has 0 saturated heterocycles. The molecule has 0 atom stereocenters. The third-order valence-electron chi connectivity index (χ3n) is 0.894. The molecule has 0 aromatic rings. The van der Waals surface area contributed by atoms with Gasteiger partial charge in [-0.05, 0) is 25.6 Å². The lowest BCUT2D eigenvalue weighted by Gasteiger charge is -1.86. The van der Waals surface area contributed by atoms with E-state index >= 15 is 0 Å². The van der Waals surface area contributed by atoms with E-state index in [2.05, 4.69) is 6.58 Å². The molecule has 0 fully saturated rings. The second-order valence-corrected chi connectivity index (χ2v) is 2.09. The number of hydrogen-bond donors (Lipinski definition) is 1. The van der Waals surface area contributed by atoms with Gasteiger partial charge >= 0.3 is 0 Å². The smallest absolute Gasteiger partial charge is 0.00325 e. The molecule has 0 radical (unpaired) electrons. The van der Waals surface area contributed by atoms with Crippen molar-refractivity contribution >= 4 is 0 Å². The maximum absolute atomic E-state index is 5.22. The monoisotopic (exact) mass is 123 g/mol. The third-order valence-corrected chi connectivity index (χ3v) is 0.894. The Bertz CT molecular complexity index is 152. The molecule has 0 rings (SSSR count). The third kappa shape index (κ3) is 4.88. The summed E-state index contributed by atoms with van der Waals surface area (Å²) < 4.78 is 0. The minimum atomic E-state index is 1.04. The highest BCUT2D eigenvalue weighted by Gasteiger charge is 1.76. The zero-order chi connectivity index (χ0) is 7.28. The van der Waals surface area contributed by atoms with Crippen LogP contribution in [0, 0.1) is 0 Å². The maximum Gasteiger partial charge on any atom is -0.00325 e. The van der Waals surface area contributed by atoms with Crippen LogP contribution in [0.3, 0.4) is 0 Å². The first kappa shape index (κ1) is 8.02. The SMILES string of the molecule is C=C(C)/C=C\C(C)=C/N. The van der Waals surface area contributed by atoms with Gasteiger partial charge in [-0.25, -0.2) is 0 Å². The van der Waals surface area contributed by atoms with Crippen molar-refractivity contribution in [2.75, 3.05) is 0 Å². The van der Waals surface area contributed by atoms with Crippen molar-refractivity contribution < 1.29 is 0 Å². The Balaban J connectivity index is 3.86. The van der Waals surface area contributed by atoms with Gasteiger partial charge in [0.05, 0.1) is 0 Å². The maximum atomic E-state index is 5.22. The first-order chi connectivity index (χ1) is 4.16. The molecule has 0 unspecified atom stereocenters. The van der Waals surface area contributed by atoms with Crippen LogP contribution in [0.2, 0.25) is 0 Å². The number of allylic oxidation sites excluding steroid dienone is 4. The highest BCUT2D eigenvalue weighted by atomic mass is 14.5. The van der Waals surface area contributed by atoms with Crippen LogP contribution in [0.15, 0.2) is 36.1 Å². The summed E-state index contributed by atoms with van der Waals surface area (Å²) >= 11 is 0. The minimum absolute atomic E-state index is 1.04. The molecule has 0 aromatic heterocycles. The number of hydrogen-bond acceptors (Lipinski definition) is 1. The Labute approximate surface area is 56.6 Å². The molecular weight excluding hydrogens is 110 g/mol. The molecule has 1 nitrogen and oxygen atoms in total. The Kier molecular flexibility index (Phi) is 3.52. The van der Waals surface area contributed by atoms with Gasteiger partial charge in [-0.15, -0.1) is 0 Å². The summed E-state index contributed by atoms with van der Waals surface area (Å²) in [7, 11) is 0. The van der Waals surface area contributed by atoms with Crippen molar-refractivity contribution in [2.45, 2.75) is 13.8 Å². The van der Waals surface area contributed by atoms with E-state index in [0.717, 1.165) is 11.1 Å². The van der Waals surface area contributed by atoms with E-state index in [1.165, 1.54) is 0 Å². The van der Waals surface area contributed by atoms with Crippen molar-refractivity contribution in [3.05, 3.63) is 36.1 Å². The van der Waals surface area contributed by atoms with Gasteiger partial charge in [-0.2, -0.15) is 0 Å². The molecule has 0 aliphatic rings. The van der Waals surface area contributed by atoms with E-state index < -0.39 is 0 Å². The van der Waals surface area contributed by atoms with Gasteiger partial charge in [0.25, 0.3) is 0 Å². The molecule has 0 saturated carbocycles. The average Bonchev–Trinajstić information content (AvgIpc) is 1.83. The molecule has 2 N–H and O–H groups in total. The van der Waals surface area contributed by atoms with E-state index in [1.807, 2.05) is 26.0 Å². The normalized spacial score (nSPS) is 12.4. The van der Waals surface area contributed by atoms with E-state index in [9.17, 15) is 0 Å². The van der Waals surface area contributed by atoms with Crippen molar-refractivity contribution in [1.29, 1.82) is 0 Å². The van der Waals surface area contributed by atoms with Gasteiger partial charge in [0.1, 0.15) is 0 Å². The minimum Gasteiger partial charge on any atom is -0.404 e. The predicted octanol–water partition coefficient (Wildman–Crippen LogP) is 1.98. The average molecular weight is 123 g/mol. The standard InChI is InChI=1S/C8H13N/c1-7(2)4-5-8(3)6-9/h4-6H,1,9H2,2-3H3/b5-4-,8-6-. The summed E-state index contributed by atoms with van der Waals surface area (Å²) in [5.41, 5.74) is 7.31. The Morgan fingerprint density at radius 1 is 1.33 bits per heavy atom. The molecule has 0 heterocycles. The molecule has 0 aromatic carbocycles. The van der Waals surface area contributed by atoms with Crippen LogP contribution in [0.5, 0.6) is 0 Å². The predicted molar refractivity (Wildman–Crippen MR) is 41.9 cm³/mol. The summed E-state index contributed by atoms with van der Waals surface area (Å²) in [5.74, 6) is 0. The first-order valence-corrected chi connectivity index (χ1v) is 2.89. The largest absolute Gasteiger partial charge is 0.404 e. The van der Waals surface area contributed by atoms with E-state index in [1.54, 1.807) is 6.20 Å². The second kappa shape index (κ2) is 3.96. The fourth-order valence-electron chi connectivity index (χ4n) is 0.329. The Hall–Kier alpha value is -0.980.